The predicted molar refractivity (Wildman–Crippen MR) is 67.7 cm³/mol. The monoisotopic (exact) mass is 320 g/mol. The van der Waals surface area contributed by atoms with Crippen LogP contribution in [-0.4, -0.2) is 0 Å². The first-order valence-corrected chi connectivity index (χ1v) is 6.11. The second-order valence-corrected chi connectivity index (χ2v) is 4.59. The SMILES string of the molecule is Cc1ccc(Oc2c(C(F)(F)F)cccc2C(F)(F)F)cc1. The molecule has 2 aromatic rings. The average Bonchev–Trinajstić information content (AvgIpc) is 2.39. The van der Waals surface area contributed by atoms with Gasteiger partial charge in [-0.15, -0.1) is 0 Å². The highest BCUT2D eigenvalue weighted by Crippen LogP contribution is 2.45. The summed E-state index contributed by atoms with van der Waals surface area (Å²) in [4.78, 5) is 0. The molecule has 0 aliphatic heterocycles. The highest BCUT2D eigenvalue weighted by molar-refractivity contribution is 5.47. The molecule has 0 unspecified atom stereocenters. The van der Waals surface area contributed by atoms with Gasteiger partial charge in [-0.2, -0.15) is 26.3 Å². The molecule has 22 heavy (non-hydrogen) atoms. The van der Waals surface area contributed by atoms with E-state index in [-0.39, 0.29) is 5.75 Å². The number of benzene rings is 2. The second-order valence-electron chi connectivity index (χ2n) is 4.59. The van der Waals surface area contributed by atoms with Gasteiger partial charge in [-0.05, 0) is 31.2 Å². The van der Waals surface area contributed by atoms with E-state index in [0.717, 1.165) is 5.56 Å². The zero-order valence-electron chi connectivity index (χ0n) is 11.2. The van der Waals surface area contributed by atoms with Crippen LogP contribution in [0.1, 0.15) is 16.7 Å². The van der Waals surface area contributed by atoms with Gasteiger partial charge in [0.05, 0.1) is 11.1 Å². The van der Waals surface area contributed by atoms with Crippen molar-refractivity contribution in [2.45, 2.75) is 19.3 Å². The summed E-state index contributed by atoms with van der Waals surface area (Å²) >= 11 is 0. The highest BCUT2D eigenvalue weighted by atomic mass is 19.4. The van der Waals surface area contributed by atoms with Gasteiger partial charge >= 0.3 is 12.4 Å². The van der Waals surface area contributed by atoms with Gasteiger partial charge in [-0.3, -0.25) is 0 Å². The van der Waals surface area contributed by atoms with Crippen LogP contribution in [0.25, 0.3) is 0 Å². The molecule has 0 amide bonds. The number of alkyl halides is 6. The zero-order valence-corrected chi connectivity index (χ0v) is 11.2. The summed E-state index contributed by atoms with van der Waals surface area (Å²) in [6.45, 7) is 1.73. The number of para-hydroxylation sites is 1. The van der Waals surface area contributed by atoms with Gasteiger partial charge in [0.2, 0.25) is 0 Å². The van der Waals surface area contributed by atoms with Crippen LogP contribution in [0.3, 0.4) is 0 Å². The number of rotatable bonds is 2. The molecule has 7 heteroatoms. The van der Waals surface area contributed by atoms with Crippen LogP contribution in [0.2, 0.25) is 0 Å². The fourth-order valence-corrected chi connectivity index (χ4v) is 1.82. The summed E-state index contributed by atoms with van der Waals surface area (Å²) in [6.07, 6.45) is -9.91. The van der Waals surface area contributed by atoms with Gasteiger partial charge in [0.1, 0.15) is 5.75 Å². The second kappa shape index (κ2) is 5.55. The van der Waals surface area contributed by atoms with Crippen molar-refractivity contribution in [2.24, 2.45) is 0 Å². The summed E-state index contributed by atoms with van der Waals surface area (Å²) in [7, 11) is 0. The zero-order chi connectivity index (χ0) is 16.5. The van der Waals surface area contributed by atoms with E-state index in [1.807, 2.05) is 0 Å². The Morgan fingerprint density at radius 2 is 1.18 bits per heavy atom. The van der Waals surface area contributed by atoms with Crippen molar-refractivity contribution >= 4 is 0 Å². The third-order valence-electron chi connectivity index (χ3n) is 2.87. The van der Waals surface area contributed by atoms with E-state index in [0.29, 0.717) is 18.2 Å². The molecule has 2 rings (SSSR count). The molecule has 0 aliphatic rings. The number of hydrogen-bond acceptors (Lipinski definition) is 1. The molecule has 0 atom stereocenters. The van der Waals surface area contributed by atoms with Crippen molar-refractivity contribution in [3.8, 4) is 11.5 Å². The van der Waals surface area contributed by atoms with E-state index < -0.39 is 29.2 Å². The molecule has 0 radical (unpaired) electrons. The van der Waals surface area contributed by atoms with E-state index in [1.165, 1.54) is 24.3 Å². The van der Waals surface area contributed by atoms with Gasteiger partial charge in [0, 0.05) is 0 Å². The first-order chi connectivity index (χ1) is 10.1. The smallest absolute Gasteiger partial charge is 0.420 e. The predicted octanol–water partition coefficient (Wildman–Crippen LogP) is 5.82. The molecule has 0 N–H and O–H groups in total. The Hall–Kier alpha value is -2.18. The van der Waals surface area contributed by atoms with Crippen LogP contribution in [0.15, 0.2) is 42.5 Å². The molecule has 0 aromatic heterocycles. The normalized spacial score (nSPS) is 12.3. The molecule has 0 spiro atoms. The van der Waals surface area contributed by atoms with Gasteiger partial charge in [-0.1, -0.05) is 23.8 Å². The standard InChI is InChI=1S/C15H10F6O/c1-9-5-7-10(8-6-9)22-13-11(14(16,17)18)3-2-4-12(13)15(19,20)21/h2-8H,1H3. The highest BCUT2D eigenvalue weighted by Gasteiger charge is 2.42. The molecule has 0 saturated heterocycles. The number of halogens is 6. The Bertz CT molecular complexity index is 623. The minimum atomic E-state index is -4.96. The molecule has 1 nitrogen and oxygen atoms in total. The number of ether oxygens (including phenoxy) is 1. The van der Waals surface area contributed by atoms with Crippen molar-refractivity contribution in [1.82, 2.24) is 0 Å². The summed E-state index contributed by atoms with van der Waals surface area (Å²) in [5.74, 6) is -1.35. The third-order valence-corrected chi connectivity index (χ3v) is 2.87. The molecule has 0 fully saturated rings. The van der Waals surface area contributed by atoms with Crippen molar-refractivity contribution in [1.29, 1.82) is 0 Å². The van der Waals surface area contributed by atoms with Gasteiger partial charge in [-0.25, -0.2) is 0 Å². The first kappa shape index (κ1) is 16.2. The molecule has 0 saturated carbocycles. The summed E-state index contributed by atoms with van der Waals surface area (Å²) in [5, 5.41) is 0. The lowest BCUT2D eigenvalue weighted by atomic mass is 10.1. The summed E-state index contributed by atoms with van der Waals surface area (Å²) < 4.78 is 82.5. The van der Waals surface area contributed by atoms with Crippen molar-refractivity contribution in [3.63, 3.8) is 0 Å². The molecule has 2 aromatic carbocycles. The summed E-state index contributed by atoms with van der Waals surface area (Å²) in [5.41, 5.74) is -2.14. The Labute approximate surface area is 122 Å². The topological polar surface area (TPSA) is 9.23 Å². The van der Waals surface area contributed by atoms with E-state index >= 15 is 0 Å². The number of aryl methyl sites for hydroxylation is 1. The van der Waals surface area contributed by atoms with Crippen molar-refractivity contribution in [3.05, 3.63) is 59.2 Å². The molecule has 0 bridgehead atoms. The van der Waals surface area contributed by atoms with E-state index in [2.05, 4.69) is 0 Å². The lowest BCUT2D eigenvalue weighted by Gasteiger charge is -2.18. The Morgan fingerprint density at radius 3 is 1.59 bits per heavy atom. The number of hydrogen-bond donors (Lipinski definition) is 0. The molecule has 0 heterocycles. The maximum atomic E-state index is 12.9. The largest absolute Gasteiger partial charge is 0.456 e. The van der Waals surface area contributed by atoms with E-state index in [4.69, 9.17) is 4.74 Å². The van der Waals surface area contributed by atoms with Crippen LogP contribution in [0.4, 0.5) is 26.3 Å². The van der Waals surface area contributed by atoms with Crippen LogP contribution in [0.5, 0.6) is 11.5 Å². The van der Waals surface area contributed by atoms with E-state index in [9.17, 15) is 26.3 Å². The maximum absolute atomic E-state index is 12.9. The lowest BCUT2D eigenvalue weighted by molar-refractivity contribution is -0.144. The minimum absolute atomic E-state index is 0.104. The van der Waals surface area contributed by atoms with Crippen LogP contribution in [0, 0.1) is 6.92 Å². The van der Waals surface area contributed by atoms with Gasteiger partial charge in [0.15, 0.2) is 5.75 Å². The molecule has 118 valence electrons. The average molecular weight is 320 g/mol. The Kier molecular flexibility index (Phi) is 4.08. The first-order valence-electron chi connectivity index (χ1n) is 6.11. The summed E-state index contributed by atoms with van der Waals surface area (Å²) in [6, 6.07) is 7.48. The van der Waals surface area contributed by atoms with E-state index in [1.54, 1.807) is 6.92 Å². The van der Waals surface area contributed by atoms with Gasteiger partial charge in [0.25, 0.3) is 0 Å². The quantitative estimate of drug-likeness (QED) is 0.633. The lowest BCUT2D eigenvalue weighted by Crippen LogP contribution is -2.13. The van der Waals surface area contributed by atoms with Crippen LogP contribution >= 0.6 is 0 Å². The van der Waals surface area contributed by atoms with Crippen molar-refractivity contribution in [2.75, 3.05) is 0 Å². The molecular weight excluding hydrogens is 310 g/mol. The Balaban J connectivity index is 2.57. The third kappa shape index (κ3) is 3.52. The molecular formula is C15H10F6O. The Morgan fingerprint density at radius 1 is 0.727 bits per heavy atom. The fraction of sp³-hybridized carbons (Fsp3) is 0.200. The van der Waals surface area contributed by atoms with Crippen LogP contribution < -0.4 is 4.74 Å². The van der Waals surface area contributed by atoms with Crippen LogP contribution in [-0.2, 0) is 12.4 Å². The maximum Gasteiger partial charge on any atom is 0.420 e. The molecule has 0 aliphatic carbocycles. The van der Waals surface area contributed by atoms with Gasteiger partial charge < -0.3 is 4.74 Å². The van der Waals surface area contributed by atoms with Crippen molar-refractivity contribution < 1.29 is 31.1 Å². The fourth-order valence-electron chi connectivity index (χ4n) is 1.82. The minimum Gasteiger partial charge on any atom is -0.456 e.